The molecule has 0 unspecified atom stereocenters. The highest BCUT2D eigenvalue weighted by Gasteiger charge is 2.14. The summed E-state index contributed by atoms with van der Waals surface area (Å²) < 4.78 is 27.9. The molecule has 106 valence electrons. The number of carbonyl (C=O) groups is 2. The van der Waals surface area contributed by atoms with Gasteiger partial charge >= 0.3 is 5.97 Å². The van der Waals surface area contributed by atoms with Gasteiger partial charge in [0.1, 0.15) is 0 Å². The summed E-state index contributed by atoms with van der Waals surface area (Å²) >= 11 is 1.09. The Hall–Kier alpha value is -1.48. The van der Waals surface area contributed by atoms with Crippen molar-refractivity contribution < 1.29 is 27.5 Å². The lowest BCUT2D eigenvalue weighted by atomic mass is 10.5. The molecule has 0 bridgehead atoms. The monoisotopic (exact) mass is 307 g/mol. The average Bonchev–Trinajstić information content (AvgIpc) is 2.75. The first-order chi connectivity index (χ1) is 8.80. The second kappa shape index (κ2) is 6.62. The number of hydrogen-bond acceptors (Lipinski definition) is 6. The first-order valence-corrected chi connectivity index (χ1v) is 8.05. The predicted octanol–water partition coefficient (Wildman–Crippen LogP) is 0.360. The van der Waals surface area contributed by atoms with Crippen LogP contribution in [-0.2, 0) is 14.6 Å². The molecule has 3 N–H and O–H groups in total. The number of amides is 1. The van der Waals surface area contributed by atoms with E-state index >= 15 is 0 Å². The third kappa shape index (κ3) is 5.79. The van der Waals surface area contributed by atoms with Crippen molar-refractivity contribution in [1.82, 2.24) is 0 Å². The molecule has 19 heavy (non-hydrogen) atoms. The van der Waals surface area contributed by atoms with Gasteiger partial charge < -0.3 is 15.3 Å². The van der Waals surface area contributed by atoms with E-state index in [0.717, 1.165) is 11.8 Å². The maximum atomic E-state index is 11.5. The molecule has 0 aliphatic heterocycles. The summed E-state index contributed by atoms with van der Waals surface area (Å²) in [6.07, 6.45) is -0.198. The van der Waals surface area contributed by atoms with Crippen molar-refractivity contribution in [2.24, 2.45) is 5.73 Å². The third-order valence-electron chi connectivity index (χ3n) is 2.09. The first-order valence-electron chi connectivity index (χ1n) is 5.25. The third-order valence-corrected chi connectivity index (χ3v) is 4.91. The molecule has 0 radical (unpaired) electrons. The summed E-state index contributed by atoms with van der Waals surface area (Å²) in [7, 11) is -3.34. The Labute approximate surface area is 114 Å². The summed E-state index contributed by atoms with van der Waals surface area (Å²) in [5.74, 6) is -2.23. The standard InChI is InChI=1S/C10H13NO6S2/c11-8(12)3-5-19(15,16)6-4-18-9-2-1-7(17-9)10(13)14/h1-2H,3-6H2,(H2,11,12)(H,13,14). The molecule has 1 heterocycles. The van der Waals surface area contributed by atoms with Gasteiger partial charge in [-0.1, -0.05) is 11.8 Å². The van der Waals surface area contributed by atoms with Crippen LogP contribution in [0.2, 0.25) is 0 Å². The Balaban J connectivity index is 2.40. The molecular weight excluding hydrogens is 294 g/mol. The van der Waals surface area contributed by atoms with Gasteiger partial charge in [-0.05, 0) is 12.1 Å². The number of carboxylic acids is 1. The second-order valence-electron chi connectivity index (χ2n) is 3.64. The number of aromatic carboxylic acids is 1. The highest BCUT2D eigenvalue weighted by molar-refractivity contribution is 8.00. The molecule has 0 spiro atoms. The molecular formula is C10H13NO6S2. The van der Waals surface area contributed by atoms with Crippen LogP contribution in [0.15, 0.2) is 21.6 Å². The van der Waals surface area contributed by atoms with Gasteiger partial charge in [0.2, 0.25) is 11.7 Å². The van der Waals surface area contributed by atoms with Crippen LogP contribution in [0.3, 0.4) is 0 Å². The van der Waals surface area contributed by atoms with Crippen molar-refractivity contribution in [3.8, 4) is 0 Å². The quantitative estimate of drug-likeness (QED) is 0.663. The molecule has 0 saturated heterocycles. The fourth-order valence-corrected chi connectivity index (χ4v) is 3.72. The van der Waals surface area contributed by atoms with E-state index < -0.39 is 21.7 Å². The molecule has 0 atom stereocenters. The topological polar surface area (TPSA) is 128 Å². The molecule has 1 rings (SSSR count). The van der Waals surface area contributed by atoms with Crippen molar-refractivity contribution in [2.45, 2.75) is 11.5 Å². The minimum absolute atomic E-state index is 0.131. The van der Waals surface area contributed by atoms with E-state index in [-0.39, 0.29) is 29.4 Å². The fourth-order valence-electron chi connectivity index (χ4n) is 1.14. The number of hydrogen-bond donors (Lipinski definition) is 2. The highest BCUT2D eigenvalue weighted by atomic mass is 32.2. The molecule has 0 aliphatic rings. The smallest absolute Gasteiger partial charge is 0.371 e. The van der Waals surface area contributed by atoms with Crippen LogP contribution in [-0.4, -0.2) is 42.7 Å². The van der Waals surface area contributed by atoms with Crippen molar-refractivity contribution in [3.63, 3.8) is 0 Å². The maximum absolute atomic E-state index is 11.5. The second-order valence-corrected chi connectivity index (χ2v) is 7.04. The Morgan fingerprint density at radius 3 is 2.53 bits per heavy atom. The van der Waals surface area contributed by atoms with E-state index in [9.17, 15) is 18.0 Å². The molecule has 0 saturated carbocycles. The summed E-state index contributed by atoms with van der Waals surface area (Å²) in [5.41, 5.74) is 4.87. The Morgan fingerprint density at radius 1 is 1.32 bits per heavy atom. The Bertz CT molecular complexity index is 562. The lowest BCUT2D eigenvalue weighted by Crippen LogP contribution is -2.19. The minimum atomic E-state index is -3.34. The summed E-state index contributed by atoms with van der Waals surface area (Å²) in [6.45, 7) is 0. The van der Waals surface area contributed by atoms with Crippen molar-refractivity contribution in [3.05, 3.63) is 17.9 Å². The summed E-state index contributed by atoms with van der Waals surface area (Å²) in [6, 6.07) is 2.76. The van der Waals surface area contributed by atoms with E-state index in [1.165, 1.54) is 12.1 Å². The number of carboxylic acid groups (broad SMARTS) is 1. The molecule has 1 amide bonds. The Morgan fingerprint density at radius 2 is 2.00 bits per heavy atom. The zero-order valence-electron chi connectivity index (χ0n) is 9.87. The van der Waals surface area contributed by atoms with Crippen LogP contribution < -0.4 is 5.73 Å². The van der Waals surface area contributed by atoms with Gasteiger partial charge in [0.15, 0.2) is 14.9 Å². The van der Waals surface area contributed by atoms with E-state index in [1.807, 2.05) is 0 Å². The van der Waals surface area contributed by atoms with Crippen LogP contribution in [0, 0.1) is 0 Å². The van der Waals surface area contributed by atoms with Gasteiger partial charge in [-0.2, -0.15) is 0 Å². The predicted molar refractivity (Wildman–Crippen MR) is 68.9 cm³/mol. The van der Waals surface area contributed by atoms with Gasteiger partial charge in [0.25, 0.3) is 0 Å². The Kier molecular flexibility index (Phi) is 5.43. The number of rotatable bonds is 8. The first kappa shape index (κ1) is 15.6. The molecule has 1 aromatic rings. The molecule has 9 heteroatoms. The number of furan rings is 1. The van der Waals surface area contributed by atoms with E-state index in [1.54, 1.807) is 0 Å². The van der Waals surface area contributed by atoms with E-state index in [4.69, 9.17) is 15.3 Å². The van der Waals surface area contributed by atoms with Gasteiger partial charge in [-0.3, -0.25) is 4.79 Å². The van der Waals surface area contributed by atoms with Crippen LogP contribution in [0.4, 0.5) is 0 Å². The van der Waals surface area contributed by atoms with Crippen molar-refractivity contribution >= 4 is 33.5 Å². The molecule has 0 aliphatic carbocycles. The van der Waals surface area contributed by atoms with Crippen molar-refractivity contribution in [1.29, 1.82) is 0 Å². The highest BCUT2D eigenvalue weighted by Crippen LogP contribution is 2.21. The van der Waals surface area contributed by atoms with Gasteiger partial charge in [-0.15, -0.1) is 0 Å². The number of carbonyl (C=O) groups excluding carboxylic acids is 1. The van der Waals surface area contributed by atoms with Crippen LogP contribution in [0.25, 0.3) is 0 Å². The lowest BCUT2D eigenvalue weighted by Gasteiger charge is -2.01. The minimum Gasteiger partial charge on any atom is -0.475 e. The SMILES string of the molecule is NC(=O)CCS(=O)(=O)CCSc1ccc(C(=O)O)o1. The summed E-state index contributed by atoms with van der Waals surface area (Å²) in [5, 5.41) is 8.97. The van der Waals surface area contributed by atoms with Crippen LogP contribution >= 0.6 is 11.8 Å². The van der Waals surface area contributed by atoms with Gasteiger partial charge in [0.05, 0.1) is 11.5 Å². The molecule has 7 nitrogen and oxygen atoms in total. The number of primary amides is 1. The van der Waals surface area contributed by atoms with E-state index in [2.05, 4.69) is 0 Å². The molecule has 0 aromatic carbocycles. The largest absolute Gasteiger partial charge is 0.475 e. The average molecular weight is 307 g/mol. The lowest BCUT2D eigenvalue weighted by molar-refractivity contribution is -0.117. The summed E-state index contributed by atoms with van der Waals surface area (Å²) in [4.78, 5) is 21.0. The number of thioether (sulfide) groups is 1. The van der Waals surface area contributed by atoms with Crippen LogP contribution in [0.5, 0.6) is 0 Å². The number of sulfone groups is 1. The zero-order valence-corrected chi connectivity index (χ0v) is 11.5. The van der Waals surface area contributed by atoms with Gasteiger partial charge in [0, 0.05) is 12.2 Å². The van der Waals surface area contributed by atoms with Gasteiger partial charge in [-0.25, -0.2) is 13.2 Å². The number of nitrogens with two attached hydrogens (primary N) is 1. The zero-order chi connectivity index (χ0) is 14.5. The fraction of sp³-hybridized carbons (Fsp3) is 0.400. The molecule has 0 fully saturated rings. The van der Waals surface area contributed by atoms with Crippen LogP contribution in [0.1, 0.15) is 17.0 Å². The maximum Gasteiger partial charge on any atom is 0.371 e. The normalized spacial score (nSPS) is 11.4. The van der Waals surface area contributed by atoms with Crippen molar-refractivity contribution in [2.75, 3.05) is 17.3 Å². The molecule has 1 aromatic heterocycles. The van der Waals surface area contributed by atoms with E-state index in [0.29, 0.717) is 5.09 Å².